The molecule has 1 spiro atoms. The molecule has 0 atom stereocenters. The Labute approximate surface area is 167 Å². The first-order chi connectivity index (χ1) is 14.2. The summed E-state index contributed by atoms with van der Waals surface area (Å²) in [5, 5.41) is 8.01. The van der Waals surface area contributed by atoms with Gasteiger partial charge in [0.05, 0.1) is 11.3 Å². The molecule has 3 heterocycles. The summed E-state index contributed by atoms with van der Waals surface area (Å²) >= 11 is 0. The number of H-pyrrole nitrogens is 1. The first kappa shape index (κ1) is 16.5. The molecule has 0 bridgehead atoms. The van der Waals surface area contributed by atoms with Crippen LogP contribution in [-0.2, 0) is 10.3 Å². The van der Waals surface area contributed by atoms with Crippen molar-refractivity contribution in [1.82, 2.24) is 19.8 Å². The number of esters is 1. The summed E-state index contributed by atoms with van der Waals surface area (Å²) < 4.78 is 7.62. The molecule has 0 saturated heterocycles. The quantitative estimate of drug-likeness (QED) is 0.518. The van der Waals surface area contributed by atoms with Gasteiger partial charge >= 0.3 is 5.97 Å². The minimum atomic E-state index is -0.467. The third-order valence-electron chi connectivity index (χ3n) is 6.32. The van der Waals surface area contributed by atoms with E-state index in [1.807, 2.05) is 48.5 Å². The number of nitrogens with one attached hydrogen (secondary N) is 1. The zero-order valence-electron chi connectivity index (χ0n) is 15.8. The van der Waals surface area contributed by atoms with E-state index < -0.39 is 5.60 Å². The number of hydrogen-bond donors (Lipinski definition) is 1. The maximum absolute atomic E-state index is 12.3. The Bertz CT molecular complexity index is 1180. The van der Waals surface area contributed by atoms with Crippen LogP contribution < -0.4 is 0 Å². The van der Waals surface area contributed by atoms with Crippen molar-refractivity contribution in [3.63, 3.8) is 0 Å². The number of aromatic nitrogens is 4. The molecule has 6 heteroatoms. The van der Waals surface area contributed by atoms with Crippen LogP contribution in [0.3, 0.4) is 0 Å². The van der Waals surface area contributed by atoms with Crippen molar-refractivity contribution in [2.75, 3.05) is 0 Å². The van der Waals surface area contributed by atoms with E-state index in [9.17, 15) is 4.79 Å². The van der Waals surface area contributed by atoms with Gasteiger partial charge in [0.25, 0.3) is 0 Å². The van der Waals surface area contributed by atoms with Crippen LogP contribution >= 0.6 is 0 Å². The standard InChI is InChI=1S/C23H20N4O2/c28-22-17-8-4-5-9-18(17)23(29-22)12-10-16(11-13-23)21-24-20-14-19(25-27(20)26-21)15-6-2-1-3-7-15/h1-9,14,16,25H,10-13H2. The van der Waals surface area contributed by atoms with Gasteiger partial charge in [0, 0.05) is 17.5 Å². The third kappa shape index (κ3) is 2.52. The highest BCUT2D eigenvalue weighted by molar-refractivity contribution is 5.94. The molecule has 0 radical (unpaired) electrons. The van der Waals surface area contributed by atoms with E-state index in [-0.39, 0.29) is 11.9 Å². The van der Waals surface area contributed by atoms with Crippen molar-refractivity contribution in [3.8, 4) is 11.3 Å². The van der Waals surface area contributed by atoms with E-state index in [0.717, 1.165) is 54.0 Å². The molecule has 4 aromatic rings. The molecule has 2 aromatic carbocycles. The van der Waals surface area contributed by atoms with Crippen LogP contribution in [0.4, 0.5) is 0 Å². The van der Waals surface area contributed by atoms with Gasteiger partial charge in [-0.1, -0.05) is 48.5 Å². The van der Waals surface area contributed by atoms with E-state index in [1.165, 1.54) is 0 Å². The highest BCUT2D eigenvalue weighted by Crippen LogP contribution is 2.49. The number of hydrogen-bond acceptors (Lipinski definition) is 4. The molecule has 2 aliphatic rings. The second-order valence-electron chi connectivity index (χ2n) is 7.98. The highest BCUT2D eigenvalue weighted by Gasteiger charge is 2.47. The lowest BCUT2D eigenvalue weighted by Crippen LogP contribution is -2.31. The van der Waals surface area contributed by atoms with E-state index in [2.05, 4.69) is 17.2 Å². The normalized spacial score (nSPS) is 23.4. The minimum absolute atomic E-state index is 0.194. The Balaban J connectivity index is 1.24. The van der Waals surface area contributed by atoms with Crippen molar-refractivity contribution >= 4 is 11.6 Å². The van der Waals surface area contributed by atoms with Crippen molar-refractivity contribution in [2.24, 2.45) is 0 Å². The van der Waals surface area contributed by atoms with Gasteiger partial charge in [-0.25, -0.2) is 9.78 Å². The molecule has 6 rings (SSSR count). The van der Waals surface area contributed by atoms with Gasteiger partial charge in [-0.05, 0) is 37.3 Å². The molecule has 144 valence electrons. The summed E-state index contributed by atoms with van der Waals surface area (Å²) in [6, 6.07) is 20.0. The molecule has 1 aliphatic heterocycles. The number of fused-ring (bicyclic) bond motifs is 3. The van der Waals surface area contributed by atoms with Crippen LogP contribution in [0.5, 0.6) is 0 Å². The van der Waals surface area contributed by atoms with Crippen molar-refractivity contribution in [3.05, 3.63) is 77.6 Å². The molecule has 1 fully saturated rings. The molecular weight excluding hydrogens is 364 g/mol. The largest absolute Gasteiger partial charge is 0.451 e. The molecule has 0 unspecified atom stereocenters. The first-order valence-electron chi connectivity index (χ1n) is 10.1. The zero-order valence-corrected chi connectivity index (χ0v) is 15.8. The van der Waals surface area contributed by atoms with Gasteiger partial charge in [-0.2, -0.15) is 4.63 Å². The highest BCUT2D eigenvalue weighted by atomic mass is 16.6. The molecular formula is C23H20N4O2. The van der Waals surface area contributed by atoms with Crippen LogP contribution in [0.1, 0.15) is 53.3 Å². The number of rotatable bonds is 2. The van der Waals surface area contributed by atoms with Gasteiger partial charge < -0.3 is 4.74 Å². The Kier molecular flexibility index (Phi) is 3.45. The molecule has 1 saturated carbocycles. The molecule has 29 heavy (non-hydrogen) atoms. The van der Waals surface area contributed by atoms with Crippen LogP contribution in [0.25, 0.3) is 16.9 Å². The molecule has 0 amide bonds. The van der Waals surface area contributed by atoms with E-state index >= 15 is 0 Å². The lowest BCUT2D eigenvalue weighted by atomic mass is 9.75. The number of carbonyl (C=O) groups excluding carboxylic acids is 1. The number of aromatic amines is 1. The van der Waals surface area contributed by atoms with E-state index in [1.54, 1.807) is 4.63 Å². The first-order valence-corrected chi connectivity index (χ1v) is 10.1. The molecule has 6 nitrogen and oxygen atoms in total. The van der Waals surface area contributed by atoms with E-state index in [4.69, 9.17) is 14.8 Å². The molecule has 1 N–H and O–H groups in total. The summed E-state index contributed by atoms with van der Waals surface area (Å²) in [6.07, 6.45) is 3.42. The fourth-order valence-corrected chi connectivity index (χ4v) is 4.79. The monoisotopic (exact) mass is 384 g/mol. The summed E-state index contributed by atoms with van der Waals surface area (Å²) in [5.74, 6) is 0.949. The summed E-state index contributed by atoms with van der Waals surface area (Å²) in [6.45, 7) is 0. The van der Waals surface area contributed by atoms with Gasteiger partial charge in [-0.15, -0.1) is 5.10 Å². The van der Waals surface area contributed by atoms with Crippen molar-refractivity contribution in [1.29, 1.82) is 0 Å². The van der Waals surface area contributed by atoms with Crippen molar-refractivity contribution < 1.29 is 9.53 Å². The van der Waals surface area contributed by atoms with Crippen LogP contribution in [0.2, 0.25) is 0 Å². The third-order valence-corrected chi connectivity index (χ3v) is 6.32. The van der Waals surface area contributed by atoms with Gasteiger partial charge in [0.15, 0.2) is 11.5 Å². The average molecular weight is 384 g/mol. The number of nitrogens with zero attached hydrogens (tertiary/aromatic N) is 3. The lowest BCUT2D eigenvalue weighted by Gasteiger charge is -2.35. The lowest BCUT2D eigenvalue weighted by molar-refractivity contribution is -0.0312. The van der Waals surface area contributed by atoms with Crippen LogP contribution in [0, 0.1) is 0 Å². The second-order valence-corrected chi connectivity index (χ2v) is 7.98. The maximum atomic E-state index is 12.3. The topological polar surface area (TPSA) is 72.3 Å². The van der Waals surface area contributed by atoms with Crippen LogP contribution in [-0.4, -0.2) is 25.8 Å². The fraction of sp³-hybridized carbons (Fsp3) is 0.261. The Morgan fingerprint density at radius 2 is 1.79 bits per heavy atom. The SMILES string of the molecule is O=C1OC2(CCC(c3nc4cc(-c5ccccc5)[nH]n4n3)CC2)c2ccccc21. The molecule has 2 aromatic heterocycles. The maximum Gasteiger partial charge on any atom is 0.339 e. The Morgan fingerprint density at radius 3 is 2.59 bits per heavy atom. The van der Waals surface area contributed by atoms with Gasteiger partial charge in [-0.3, -0.25) is 5.10 Å². The zero-order chi connectivity index (χ0) is 19.4. The summed E-state index contributed by atoms with van der Waals surface area (Å²) in [4.78, 5) is 17.0. The van der Waals surface area contributed by atoms with Gasteiger partial charge in [0.1, 0.15) is 5.60 Å². The number of benzene rings is 2. The molecule has 1 aliphatic carbocycles. The fourth-order valence-electron chi connectivity index (χ4n) is 4.79. The summed E-state index contributed by atoms with van der Waals surface area (Å²) in [7, 11) is 0. The Morgan fingerprint density at radius 1 is 1.03 bits per heavy atom. The second kappa shape index (κ2) is 6.04. The van der Waals surface area contributed by atoms with Crippen molar-refractivity contribution in [2.45, 2.75) is 37.2 Å². The van der Waals surface area contributed by atoms with E-state index in [0.29, 0.717) is 5.56 Å². The predicted molar refractivity (Wildman–Crippen MR) is 108 cm³/mol. The van der Waals surface area contributed by atoms with Crippen LogP contribution in [0.15, 0.2) is 60.7 Å². The predicted octanol–water partition coefficient (Wildman–Crippen LogP) is 4.45. The smallest absolute Gasteiger partial charge is 0.339 e. The minimum Gasteiger partial charge on any atom is -0.451 e. The van der Waals surface area contributed by atoms with Gasteiger partial charge in [0.2, 0.25) is 0 Å². The number of ether oxygens (including phenoxy) is 1. The Hall–Kier alpha value is -3.41. The average Bonchev–Trinajstić information content (AvgIpc) is 3.41. The summed E-state index contributed by atoms with van der Waals surface area (Å²) in [5.41, 5.74) is 4.24. The number of carbonyl (C=O) groups is 1.